The van der Waals surface area contributed by atoms with Gasteiger partial charge in [-0.1, -0.05) is 6.07 Å². The Morgan fingerprint density at radius 1 is 1.45 bits per heavy atom. The van der Waals surface area contributed by atoms with Crippen LogP contribution in [0.4, 0.5) is 0 Å². The second kappa shape index (κ2) is 5.96. The van der Waals surface area contributed by atoms with Crippen molar-refractivity contribution >= 4 is 0 Å². The normalized spacial score (nSPS) is 12.4. The van der Waals surface area contributed by atoms with E-state index in [1.54, 1.807) is 19.2 Å². The zero-order chi connectivity index (χ0) is 14.7. The van der Waals surface area contributed by atoms with E-state index in [4.69, 9.17) is 4.74 Å². The SMILES string of the molecule is COc1ccc(CNC(C)c2cnn(C)c2C)cc1O. The van der Waals surface area contributed by atoms with Crippen molar-refractivity contribution in [3.05, 3.63) is 41.2 Å². The number of ether oxygens (including phenoxy) is 1. The van der Waals surface area contributed by atoms with Gasteiger partial charge in [0.2, 0.25) is 0 Å². The quantitative estimate of drug-likeness (QED) is 0.879. The summed E-state index contributed by atoms with van der Waals surface area (Å²) in [6.07, 6.45) is 1.89. The van der Waals surface area contributed by atoms with Gasteiger partial charge in [-0.25, -0.2) is 0 Å². The topological polar surface area (TPSA) is 59.3 Å². The number of phenols is 1. The minimum atomic E-state index is 0.164. The van der Waals surface area contributed by atoms with Crippen LogP contribution in [-0.2, 0) is 13.6 Å². The molecule has 1 atom stereocenters. The third-order valence-electron chi connectivity index (χ3n) is 3.60. The Balaban J connectivity index is 2.01. The minimum absolute atomic E-state index is 0.164. The van der Waals surface area contributed by atoms with Crippen molar-refractivity contribution in [1.82, 2.24) is 15.1 Å². The van der Waals surface area contributed by atoms with Gasteiger partial charge in [0.25, 0.3) is 0 Å². The number of aryl methyl sites for hydroxylation is 1. The molecule has 0 fully saturated rings. The molecule has 0 radical (unpaired) electrons. The number of hydrogen-bond acceptors (Lipinski definition) is 4. The molecule has 2 aromatic rings. The lowest BCUT2D eigenvalue weighted by molar-refractivity contribution is 0.373. The van der Waals surface area contributed by atoms with Gasteiger partial charge in [0.1, 0.15) is 0 Å². The van der Waals surface area contributed by atoms with Crippen LogP contribution in [0.25, 0.3) is 0 Å². The molecular formula is C15H21N3O2. The number of aromatic hydroxyl groups is 1. The van der Waals surface area contributed by atoms with E-state index in [1.807, 2.05) is 24.0 Å². The second-order valence-corrected chi connectivity index (χ2v) is 4.92. The van der Waals surface area contributed by atoms with Crippen molar-refractivity contribution in [3.8, 4) is 11.5 Å². The van der Waals surface area contributed by atoms with Crippen molar-refractivity contribution in [2.75, 3.05) is 7.11 Å². The van der Waals surface area contributed by atoms with Crippen LogP contribution in [0.3, 0.4) is 0 Å². The zero-order valence-corrected chi connectivity index (χ0v) is 12.3. The largest absolute Gasteiger partial charge is 0.504 e. The summed E-state index contributed by atoms with van der Waals surface area (Å²) in [6.45, 7) is 4.83. The van der Waals surface area contributed by atoms with Gasteiger partial charge in [-0.15, -0.1) is 0 Å². The fourth-order valence-corrected chi connectivity index (χ4v) is 2.17. The Morgan fingerprint density at radius 2 is 2.20 bits per heavy atom. The predicted octanol–water partition coefficient (Wildman–Crippen LogP) is 2.29. The monoisotopic (exact) mass is 275 g/mol. The maximum atomic E-state index is 9.75. The van der Waals surface area contributed by atoms with Crippen LogP contribution in [-0.4, -0.2) is 22.0 Å². The second-order valence-electron chi connectivity index (χ2n) is 4.92. The fraction of sp³-hybridized carbons (Fsp3) is 0.400. The molecule has 0 aliphatic heterocycles. The van der Waals surface area contributed by atoms with Crippen LogP contribution < -0.4 is 10.1 Å². The summed E-state index contributed by atoms with van der Waals surface area (Å²) in [4.78, 5) is 0. The van der Waals surface area contributed by atoms with Crippen molar-refractivity contribution < 1.29 is 9.84 Å². The Kier molecular flexibility index (Phi) is 4.29. The molecule has 0 aliphatic carbocycles. The van der Waals surface area contributed by atoms with E-state index in [9.17, 15) is 5.11 Å². The van der Waals surface area contributed by atoms with Crippen LogP contribution in [0.5, 0.6) is 11.5 Å². The average Bonchev–Trinajstić information content (AvgIpc) is 2.76. The van der Waals surface area contributed by atoms with Crippen molar-refractivity contribution in [3.63, 3.8) is 0 Å². The Hall–Kier alpha value is -2.01. The third-order valence-corrected chi connectivity index (χ3v) is 3.60. The van der Waals surface area contributed by atoms with Crippen LogP contribution in [0.1, 0.15) is 29.8 Å². The van der Waals surface area contributed by atoms with Gasteiger partial charge < -0.3 is 15.2 Å². The number of rotatable bonds is 5. The molecule has 0 saturated carbocycles. The first-order valence-corrected chi connectivity index (χ1v) is 6.60. The summed E-state index contributed by atoms with van der Waals surface area (Å²) in [5, 5.41) is 17.4. The summed E-state index contributed by atoms with van der Waals surface area (Å²) in [5.74, 6) is 0.655. The van der Waals surface area contributed by atoms with Gasteiger partial charge in [-0.05, 0) is 31.5 Å². The molecule has 5 nitrogen and oxygen atoms in total. The first kappa shape index (κ1) is 14.4. The Morgan fingerprint density at radius 3 is 2.75 bits per heavy atom. The van der Waals surface area contributed by atoms with Gasteiger partial charge in [0.05, 0.1) is 13.3 Å². The lowest BCUT2D eigenvalue weighted by Gasteiger charge is -2.14. The average molecular weight is 275 g/mol. The number of benzene rings is 1. The number of hydrogen-bond donors (Lipinski definition) is 2. The smallest absolute Gasteiger partial charge is 0.160 e. The summed E-state index contributed by atoms with van der Waals surface area (Å²) < 4.78 is 6.90. The summed E-state index contributed by atoms with van der Waals surface area (Å²) in [6, 6.07) is 5.63. The maximum absolute atomic E-state index is 9.75. The molecule has 108 valence electrons. The number of phenolic OH excluding ortho intramolecular Hbond substituents is 1. The zero-order valence-electron chi connectivity index (χ0n) is 12.3. The van der Waals surface area contributed by atoms with Crippen molar-refractivity contribution in [2.24, 2.45) is 7.05 Å². The molecule has 0 saturated heterocycles. The molecular weight excluding hydrogens is 254 g/mol. The van der Waals surface area contributed by atoms with Crippen molar-refractivity contribution in [2.45, 2.75) is 26.4 Å². The summed E-state index contributed by atoms with van der Waals surface area (Å²) in [7, 11) is 3.48. The molecule has 1 aromatic carbocycles. The molecule has 1 aromatic heterocycles. The molecule has 2 N–H and O–H groups in total. The third kappa shape index (κ3) is 2.93. The van der Waals surface area contributed by atoms with Gasteiger partial charge >= 0.3 is 0 Å². The maximum Gasteiger partial charge on any atom is 0.160 e. The molecule has 0 aliphatic rings. The van der Waals surface area contributed by atoms with Crippen molar-refractivity contribution in [1.29, 1.82) is 0 Å². The molecule has 2 rings (SSSR count). The molecule has 1 heterocycles. The summed E-state index contributed by atoms with van der Waals surface area (Å²) >= 11 is 0. The van der Waals surface area contributed by atoms with E-state index in [1.165, 1.54) is 5.56 Å². The van der Waals surface area contributed by atoms with E-state index in [0.29, 0.717) is 12.3 Å². The van der Waals surface area contributed by atoms with E-state index in [2.05, 4.69) is 24.3 Å². The first-order valence-electron chi connectivity index (χ1n) is 6.60. The van der Waals surface area contributed by atoms with E-state index in [0.717, 1.165) is 11.3 Å². The summed E-state index contributed by atoms with van der Waals surface area (Å²) in [5.41, 5.74) is 3.35. The standard InChI is InChI=1S/C15H21N3O2/c1-10(13-9-17-18(3)11(13)2)16-8-12-5-6-15(20-4)14(19)7-12/h5-7,9-10,16,19H,8H2,1-4H3. The van der Waals surface area contributed by atoms with Crippen LogP contribution in [0.15, 0.2) is 24.4 Å². The number of nitrogens with zero attached hydrogens (tertiary/aromatic N) is 2. The lowest BCUT2D eigenvalue weighted by Crippen LogP contribution is -2.18. The number of methoxy groups -OCH3 is 1. The minimum Gasteiger partial charge on any atom is -0.504 e. The van der Waals surface area contributed by atoms with Crippen LogP contribution in [0, 0.1) is 6.92 Å². The van der Waals surface area contributed by atoms with Crippen LogP contribution >= 0.6 is 0 Å². The highest BCUT2D eigenvalue weighted by Crippen LogP contribution is 2.26. The van der Waals surface area contributed by atoms with E-state index < -0.39 is 0 Å². The lowest BCUT2D eigenvalue weighted by atomic mass is 10.1. The molecule has 5 heteroatoms. The van der Waals surface area contributed by atoms with E-state index >= 15 is 0 Å². The van der Waals surface area contributed by atoms with Gasteiger partial charge in [-0.3, -0.25) is 4.68 Å². The van der Waals surface area contributed by atoms with Gasteiger partial charge in [0.15, 0.2) is 11.5 Å². The predicted molar refractivity (Wildman–Crippen MR) is 77.9 cm³/mol. The highest BCUT2D eigenvalue weighted by molar-refractivity contribution is 5.41. The highest BCUT2D eigenvalue weighted by atomic mass is 16.5. The molecule has 1 unspecified atom stereocenters. The molecule has 0 amide bonds. The number of aromatic nitrogens is 2. The highest BCUT2D eigenvalue weighted by Gasteiger charge is 2.11. The Bertz CT molecular complexity index is 593. The van der Waals surface area contributed by atoms with Crippen LogP contribution in [0.2, 0.25) is 0 Å². The molecule has 0 spiro atoms. The van der Waals surface area contributed by atoms with Gasteiger partial charge in [-0.2, -0.15) is 5.10 Å². The van der Waals surface area contributed by atoms with E-state index in [-0.39, 0.29) is 11.8 Å². The molecule has 0 bridgehead atoms. The Labute approximate surface area is 119 Å². The first-order chi connectivity index (χ1) is 9.52. The van der Waals surface area contributed by atoms with Gasteiger partial charge in [0, 0.05) is 30.9 Å². The fourth-order valence-electron chi connectivity index (χ4n) is 2.17. The number of nitrogens with one attached hydrogen (secondary N) is 1. The molecule has 20 heavy (non-hydrogen) atoms.